The van der Waals surface area contributed by atoms with Crippen LogP contribution < -0.4 is 14.3 Å². The number of para-hydroxylation sites is 1. The Morgan fingerprint density at radius 3 is 2.61 bits per heavy atom. The van der Waals surface area contributed by atoms with Crippen molar-refractivity contribution in [1.29, 1.82) is 0 Å². The first-order chi connectivity index (χ1) is 19.4. The van der Waals surface area contributed by atoms with Crippen LogP contribution in [0.15, 0.2) is 36.7 Å². The number of carbonyl (C=O) groups is 1. The number of aryl methyl sites for hydroxylation is 1. The molecule has 16 heteroatoms. The molecule has 6 atom stereocenters. The maximum Gasteiger partial charge on any atom is 0.459 e. The summed E-state index contributed by atoms with van der Waals surface area (Å²) in [6.07, 6.45) is -4.67. The van der Waals surface area contributed by atoms with Crippen LogP contribution in [0.25, 0.3) is 11.2 Å². The molecule has 1 fully saturated rings. The molecule has 0 radical (unpaired) electrons. The Morgan fingerprint density at radius 1 is 1.24 bits per heavy atom. The lowest BCUT2D eigenvalue weighted by molar-refractivity contribution is -0.202. The molecule has 3 heterocycles. The van der Waals surface area contributed by atoms with Gasteiger partial charge >= 0.3 is 13.7 Å². The summed E-state index contributed by atoms with van der Waals surface area (Å²) in [5, 5.41) is 23.8. The van der Waals surface area contributed by atoms with Crippen molar-refractivity contribution < 1.29 is 47.2 Å². The van der Waals surface area contributed by atoms with E-state index >= 15 is 4.39 Å². The van der Waals surface area contributed by atoms with Crippen LogP contribution in [0.3, 0.4) is 0 Å². The Labute approximate surface area is 235 Å². The smallest absolute Gasteiger partial charge is 0.459 e. The monoisotopic (exact) mass is 597 g/mol. The van der Waals surface area contributed by atoms with E-state index in [1.807, 2.05) is 0 Å². The number of nitrogens with one attached hydrogen (secondary N) is 1. The van der Waals surface area contributed by atoms with E-state index in [2.05, 4.69) is 20.0 Å². The van der Waals surface area contributed by atoms with Gasteiger partial charge in [0.05, 0.1) is 19.0 Å². The third-order valence-corrected chi connectivity index (χ3v) is 7.51. The highest BCUT2D eigenvalue weighted by Crippen LogP contribution is 2.48. The van der Waals surface area contributed by atoms with Crippen molar-refractivity contribution in [1.82, 2.24) is 24.6 Å². The number of hydrogen-bond acceptors (Lipinski definition) is 12. The number of nitrogens with zero attached hydrogens (tertiary/aromatic N) is 4. The number of aromatic nitrogens is 4. The molecule has 0 bridgehead atoms. The summed E-state index contributed by atoms with van der Waals surface area (Å²) in [7, 11) is -4.50. The zero-order valence-electron chi connectivity index (χ0n) is 23.1. The average Bonchev–Trinajstić information content (AvgIpc) is 3.42. The van der Waals surface area contributed by atoms with Gasteiger partial charge in [0, 0.05) is 0 Å². The summed E-state index contributed by atoms with van der Waals surface area (Å²) in [5.74, 6) is -3.22. The maximum absolute atomic E-state index is 16.1. The molecule has 1 aliphatic rings. The average molecular weight is 598 g/mol. The lowest BCUT2D eigenvalue weighted by Gasteiger charge is -2.27. The van der Waals surface area contributed by atoms with Gasteiger partial charge in [-0.05, 0) is 46.8 Å². The molecule has 1 aromatic carbocycles. The summed E-state index contributed by atoms with van der Waals surface area (Å²) in [4.78, 5) is 25.0. The lowest BCUT2D eigenvalue weighted by atomic mass is 10.1. The van der Waals surface area contributed by atoms with Crippen molar-refractivity contribution in [3.63, 3.8) is 0 Å². The third-order valence-electron chi connectivity index (χ3n) is 5.89. The van der Waals surface area contributed by atoms with Gasteiger partial charge in [0.25, 0.3) is 5.85 Å². The molecule has 1 aliphatic heterocycles. The van der Waals surface area contributed by atoms with E-state index in [1.165, 1.54) is 30.0 Å². The summed E-state index contributed by atoms with van der Waals surface area (Å²) in [5.41, 5.74) is 0.405. The first-order valence-electron chi connectivity index (χ1n) is 12.9. The Bertz CT molecular complexity index is 1410. The molecule has 14 nitrogen and oxygen atoms in total. The Hall–Kier alpha value is -3.20. The second-order valence-corrected chi connectivity index (χ2v) is 11.3. The molecular formula is C25H33FN5O9P. The van der Waals surface area contributed by atoms with Crippen molar-refractivity contribution >= 4 is 24.9 Å². The van der Waals surface area contributed by atoms with Crippen molar-refractivity contribution in [2.75, 3.05) is 13.2 Å². The molecule has 3 aromatic rings. The highest BCUT2D eigenvalue weighted by Gasteiger charge is 2.57. The number of benzene rings is 1. The molecular weight excluding hydrogens is 564 g/mol. The van der Waals surface area contributed by atoms with Crippen LogP contribution in [-0.4, -0.2) is 79.1 Å². The molecule has 0 amide bonds. The van der Waals surface area contributed by atoms with E-state index in [0.29, 0.717) is 12.4 Å². The SMILES string of the molecule is CCOc1nc(C)nc2c1ncn2[C@@H]1O[C@](F)(CO[P@](=O)(N[C@H](C)C(=O)OC(C)C)Oc2ccccc2)[C@@H](O)[C@H]1O. The minimum absolute atomic E-state index is 0.0940. The number of halogens is 1. The van der Waals surface area contributed by atoms with Gasteiger partial charge in [-0.1, -0.05) is 18.2 Å². The summed E-state index contributed by atoms with van der Waals surface area (Å²) < 4.78 is 58.0. The molecule has 1 saturated heterocycles. The van der Waals surface area contributed by atoms with Crippen molar-refractivity contribution in [2.24, 2.45) is 0 Å². The second-order valence-electron chi connectivity index (χ2n) is 9.57. The first-order valence-corrected chi connectivity index (χ1v) is 14.4. The van der Waals surface area contributed by atoms with E-state index in [1.54, 1.807) is 45.9 Å². The predicted octanol–water partition coefficient (Wildman–Crippen LogP) is 2.58. The predicted molar refractivity (Wildman–Crippen MR) is 142 cm³/mol. The fourth-order valence-corrected chi connectivity index (χ4v) is 5.52. The third kappa shape index (κ3) is 6.83. The van der Waals surface area contributed by atoms with Gasteiger partial charge in [-0.2, -0.15) is 10.1 Å². The normalized spacial score (nSPS) is 24.8. The number of ether oxygens (including phenoxy) is 3. The molecule has 3 N–H and O–H groups in total. The second kappa shape index (κ2) is 12.3. The van der Waals surface area contributed by atoms with Gasteiger partial charge in [-0.25, -0.2) is 18.9 Å². The van der Waals surface area contributed by atoms with Crippen molar-refractivity contribution in [2.45, 2.75) is 71.1 Å². The largest absolute Gasteiger partial charge is 0.476 e. The molecule has 0 unspecified atom stereocenters. The number of aliphatic hydroxyl groups is 2. The number of alkyl halides is 1. The molecule has 41 heavy (non-hydrogen) atoms. The van der Waals surface area contributed by atoms with Crippen LogP contribution >= 0.6 is 7.75 Å². The molecule has 224 valence electrons. The number of fused-ring (bicyclic) bond motifs is 1. The van der Waals surface area contributed by atoms with Gasteiger partial charge in [0.15, 0.2) is 17.4 Å². The highest BCUT2D eigenvalue weighted by molar-refractivity contribution is 7.52. The van der Waals surface area contributed by atoms with Crippen LogP contribution in [0.2, 0.25) is 0 Å². The van der Waals surface area contributed by atoms with Crippen LogP contribution in [0.1, 0.15) is 39.7 Å². The zero-order chi connectivity index (χ0) is 29.9. The number of aliphatic hydroxyl groups excluding tert-OH is 2. The topological polar surface area (TPSA) is 176 Å². The fraction of sp³-hybridized carbons (Fsp3) is 0.520. The molecule has 0 spiro atoms. The quantitative estimate of drug-likeness (QED) is 0.205. The maximum atomic E-state index is 16.1. The first kappa shape index (κ1) is 30.8. The molecule has 4 rings (SSSR count). The van der Waals surface area contributed by atoms with Crippen LogP contribution in [0, 0.1) is 6.92 Å². The van der Waals surface area contributed by atoms with E-state index in [4.69, 9.17) is 23.3 Å². The number of esters is 1. The standard InChI is InChI=1S/C25H33FN5O9P/c1-6-36-22-18-21(28-16(5)29-22)31(13-27-18)23-19(32)20(33)25(26,39-23)12-37-41(35,40-17-10-8-7-9-11-17)30-15(4)24(34)38-14(2)3/h7-11,13-15,19-20,23,32-33H,6,12H2,1-5H3,(H,30,35)/t15-,19-,20+,23-,25-,41-/m1/s1. The number of rotatable bonds is 12. The highest BCUT2D eigenvalue weighted by atomic mass is 31.2. The number of hydrogen-bond donors (Lipinski definition) is 3. The van der Waals surface area contributed by atoms with Crippen LogP contribution in [-0.2, 0) is 23.4 Å². The molecule has 2 aromatic heterocycles. The lowest BCUT2D eigenvalue weighted by Crippen LogP contribution is -2.44. The van der Waals surface area contributed by atoms with Crippen molar-refractivity contribution in [3.8, 4) is 11.6 Å². The van der Waals surface area contributed by atoms with Gasteiger partial charge in [-0.3, -0.25) is 13.9 Å². The minimum Gasteiger partial charge on any atom is -0.476 e. The Balaban J connectivity index is 1.57. The summed E-state index contributed by atoms with van der Waals surface area (Å²) in [6, 6.07) is 6.68. The van der Waals surface area contributed by atoms with Crippen molar-refractivity contribution in [3.05, 3.63) is 42.5 Å². The van der Waals surface area contributed by atoms with Gasteiger partial charge in [-0.15, -0.1) is 0 Å². The zero-order valence-corrected chi connectivity index (χ0v) is 24.0. The Morgan fingerprint density at radius 2 is 1.95 bits per heavy atom. The summed E-state index contributed by atoms with van der Waals surface area (Å²) >= 11 is 0. The number of imidazole rings is 1. The van der Waals surface area contributed by atoms with Crippen LogP contribution in [0.4, 0.5) is 4.39 Å². The summed E-state index contributed by atoms with van der Waals surface area (Å²) in [6.45, 7) is 7.17. The van der Waals surface area contributed by atoms with E-state index in [-0.39, 0.29) is 22.8 Å². The molecule has 0 aliphatic carbocycles. The van der Waals surface area contributed by atoms with E-state index in [9.17, 15) is 19.6 Å². The fourth-order valence-electron chi connectivity index (χ4n) is 4.02. The van der Waals surface area contributed by atoms with Gasteiger partial charge in [0.2, 0.25) is 5.88 Å². The number of carbonyl (C=O) groups excluding carboxylic acids is 1. The van der Waals surface area contributed by atoms with Gasteiger partial charge in [0.1, 0.15) is 36.4 Å². The van der Waals surface area contributed by atoms with Gasteiger partial charge < -0.3 is 28.9 Å². The van der Waals surface area contributed by atoms with E-state index in [0.717, 1.165) is 0 Å². The minimum atomic E-state index is -4.50. The van der Waals surface area contributed by atoms with E-state index < -0.39 is 56.8 Å². The Kier molecular flexibility index (Phi) is 9.26. The molecule has 0 saturated carbocycles. The van der Waals surface area contributed by atoms with Crippen LogP contribution in [0.5, 0.6) is 11.6 Å².